The minimum absolute atomic E-state index is 0.395. The third-order valence-electron chi connectivity index (χ3n) is 3.44. The van der Waals surface area contributed by atoms with Crippen molar-refractivity contribution in [2.75, 3.05) is 5.73 Å². The van der Waals surface area contributed by atoms with Crippen molar-refractivity contribution in [3.63, 3.8) is 0 Å². The molecular weight excluding hydrogens is 198 g/mol. The van der Waals surface area contributed by atoms with Crippen LogP contribution in [0.15, 0.2) is 18.3 Å². The van der Waals surface area contributed by atoms with Crippen LogP contribution in [-0.4, -0.2) is 11.0 Å². The second-order valence-electron chi connectivity index (χ2n) is 4.94. The van der Waals surface area contributed by atoms with Gasteiger partial charge in [-0.1, -0.05) is 19.3 Å². The fourth-order valence-electron chi connectivity index (χ4n) is 2.64. The fourth-order valence-corrected chi connectivity index (χ4v) is 2.64. The van der Waals surface area contributed by atoms with Gasteiger partial charge in [-0.05, 0) is 42.9 Å². The van der Waals surface area contributed by atoms with Crippen LogP contribution in [0.2, 0.25) is 0 Å². The van der Waals surface area contributed by atoms with Crippen LogP contribution < -0.4 is 11.5 Å². The monoisotopic (exact) mass is 219 g/mol. The highest BCUT2D eigenvalue weighted by Crippen LogP contribution is 2.25. The van der Waals surface area contributed by atoms with Gasteiger partial charge in [0.15, 0.2) is 0 Å². The first kappa shape index (κ1) is 11.4. The molecule has 88 valence electrons. The molecule has 0 bridgehead atoms. The van der Waals surface area contributed by atoms with Crippen LogP contribution in [0.4, 0.5) is 5.82 Å². The number of nitrogens with zero attached hydrogens (tertiary/aromatic N) is 1. The molecule has 1 heterocycles. The molecule has 1 fully saturated rings. The zero-order valence-electron chi connectivity index (χ0n) is 9.73. The van der Waals surface area contributed by atoms with Crippen molar-refractivity contribution in [2.45, 2.75) is 44.6 Å². The third kappa shape index (κ3) is 3.20. The zero-order valence-corrected chi connectivity index (χ0v) is 9.73. The van der Waals surface area contributed by atoms with Gasteiger partial charge in [0, 0.05) is 12.2 Å². The molecule has 3 heteroatoms. The topological polar surface area (TPSA) is 64.9 Å². The first-order valence-corrected chi connectivity index (χ1v) is 6.20. The van der Waals surface area contributed by atoms with Gasteiger partial charge in [-0.3, -0.25) is 0 Å². The number of aromatic nitrogens is 1. The lowest BCUT2D eigenvalue weighted by Crippen LogP contribution is -2.22. The Morgan fingerprint density at radius 2 is 2.12 bits per heavy atom. The van der Waals surface area contributed by atoms with Gasteiger partial charge < -0.3 is 11.5 Å². The summed E-state index contributed by atoms with van der Waals surface area (Å²) in [5.74, 6) is 1.34. The Morgan fingerprint density at radius 3 is 2.94 bits per heavy atom. The lowest BCUT2D eigenvalue weighted by Gasteiger charge is -2.17. The van der Waals surface area contributed by atoms with Crippen LogP contribution in [0, 0.1) is 5.92 Å². The molecule has 1 aliphatic carbocycles. The second kappa shape index (κ2) is 5.30. The maximum absolute atomic E-state index is 6.07. The summed E-state index contributed by atoms with van der Waals surface area (Å²) in [5.41, 5.74) is 13.1. The maximum Gasteiger partial charge on any atom is 0.123 e. The number of rotatable bonds is 2. The van der Waals surface area contributed by atoms with Crippen molar-refractivity contribution >= 4 is 5.82 Å². The zero-order chi connectivity index (χ0) is 11.4. The van der Waals surface area contributed by atoms with Crippen LogP contribution in [-0.2, 0) is 6.42 Å². The molecule has 2 unspecified atom stereocenters. The summed E-state index contributed by atoms with van der Waals surface area (Å²) in [6.45, 7) is 0. The molecule has 0 spiro atoms. The summed E-state index contributed by atoms with van der Waals surface area (Å²) in [7, 11) is 0. The van der Waals surface area contributed by atoms with E-state index in [0.717, 1.165) is 18.8 Å². The quantitative estimate of drug-likeness (QED) is 0.749. The van der Waals surface area contributed by atoms with Gasteiger partial charge in [-0.15, -0.1) is 0 Å². The summed E-state index contributed by atoms with van der Waals surface area (Å²) >= 11 is 0. The van der Waals surface area contributed by atoms with Crippen LogP contribution in [0.25, 0.3) is 0 Å². The Kier molecular flexibility index (Phi) is 3.78. The Labute approximate surface area is 97.2 Å². The van der Waals surface area contributed by atoms with Crippen molar-refractivity contribution in [1.29, 1.82) is 0 Å². The van der Waals surface area contributed by atoms with Crippen molar-refractivity contribution in [1.82, 2.24) is 4.98 Å². The molecule has 0 radical (unpaired) electrons. The molecule has 4 N–H and O–H groups in total. The lowest BCUT2D eigenvalue weighted by molar-refractivity contribution is 0.431. The highest BCUT2D eigenvalue weighted by molar-refractivity contribution is 5.31. The van der Waals surface area contributed by atoms with E-state index in [4.69, 9.17) is 11.5 Å². The van der Waals surface area contributed by atoms with E-state index in [0.29, 0.717) is 11.9 Å². The number of anilines is 1. The van der Waals surface area contributed by atoms with E-state index < -0.39 is 0 Å². The highest BCUT2D eigenvalue weighted by atomic mass is 14.8. The summed E-state index contributed by atoms with van der Waals surface area (Å²) in [5, 5.41) is 0. The second-order valence-corrected chi connectivity index (χ2v) is 4.94. The average Bonchev–Trinajstić information content (AvgIpc) is 2.43. The molecule has 1 aliphatic rings. The molecule has 2 atom stereocenters. The predicted molar refractivity (Wildman–Crippen MR) is 66.9 cm³/mol. The number of nitrogen functional groups attached to an aromatic ring is 1. The van der Waals surface area contributed by atoms with E-state index >= 15 is 0 Å². The molecular formula is C13H21N3. The number of hydrogen-bond donors (Lipinski definition) is 2. The normalized spacial score (nSPS) is 26.3. The van der Waals surface area contributed by atoms with Crippen LogP contribution >= 0.6 is 0 Å². The molecule has 0 amide bonds. The third-order valence-corrected chi connectivity index (χ3v) is 3.44. The Hall–Kier alpha value is -1.09. The number of pyridine rings is 1. The van der Waals surface area contributed by atoms with E-state index in [2.05, 4.69) is 11.1 Å². The molecule has 1 aromatic heterocycles. The van der Waals surface area contributed by atoms with E-state index in [1.165, 1.54) is 31.2 Å². The molecule has 0 aromatic carbocycles. The molecule has 1 saturated carbocycles. The van der Waals surface area contributed by atoms with Crippen LogP contribution in [0.3, 0.4) is 0 Å². The summed E-state index contributed by atoms with van der Waals surface area (Å²) in [6, 6.07) is 4.44. The van der Waals surface area contributed by atoms with Crippen LogP contribution in [0.5, 0.6) is 0 Å². The van der Waals surface area contributed by atoms with E-state index in [9.17, 15) is 0 Å². The smallest absolute Gasteiger partial charge is 0.123 e. The minimum atomic E-state index is 0.395. The Morgan fingerprint density at radius 1 is 1.31 bits per heavy atom. The number of hydrogen-bond acceptors (Lipinski definition) is 3. The van der Waals surface area contributed by atoms with E-state index in [1.807, 2.05) is 6.07 Å². The predicted octanol–water partition coefficient (Wildman–Crippen LogP) is 2.11. The SMILES string of the molecule is Nc1cc(CC2CCCCC(N)C2)ccn1. The van der Waals surface area contributed by atoms with Gasteiger partial charge in [0.1, 0.15) is 5.82 Å². The molecule has 2 rings (SSSR count). The van der Waals surface area contributed by atoms with Crippen molar-refractivity contribution in [3.8, 4) is 0 Å². The van der Waals surface area contributed by atoms with Crippen molar-refractivity contribution in [2.24, 2.45) is 11.7 Å². The summed E-state index contributed by atoms with van der Waals surface area (Å²) in [6.07, 6.45) is 9.14. The van der Waals surface area contributed by atoms with Crippen molar-refractivity contribution < 1.29 is 0 Å². The van der Waals surface area contributed by atoms with Gasteiger partial charge in [0.2, 0.25) is 0 Å². The molecule has 16 heavy (non-hydrogen) atoms. The summed E-state index contributed by atoms with van der Waals surface area (Å²) < 4.78 is 0. The van der Waals surface area contributed by atoms with Crippen LogP contribution in [0.1, 0.15) is 37.7 Å². The largest absolute Gasteiger partial charge is 0.384 e. The van der Waals surface area contributed by atoms with Gasteiger partial charge in [0.05, 0.1) is 0 Å². The molecule has 1 aromatic rings. The van der Waals surface area contributed by atoms with E-state index in [1.54, 1.807) is 6.20 Å². The average molecular weight is 219 g/mol. The molecule has 0 aliphatic heterocycles. The standard InChI is InChI=1S/C13H21N3/c14-12-4-2-1-3-10(8-12)7-11-5-6-16-13(15)9-11/h5-6,9-10,12H,1-4,7-8,14H2,(H2,15,16). The Bertz CT molecular complexity index is 338. The van der Waals surface area contributed by atoms with Gasteiger partial charge in [-0.2, -0.15) is 0 Å². The van der Waals surface area contributed by atoms with Crippen molar-refractivity contribution in [3.05, 3.63) is 23.9 Å². The molecule has 3 nitrogen and oxygen atoms in total. The number of nitrogens with two attached hydrogens (primary N) is 2. The Balaban J connectivity index is 1.97. The maximum atomic E-state index is 6.07. The lowest BCUT2D eigenvalue weighted by atomic mass is 9.91. The first-order valence-electron chi connectivity index (χ1n) is 6.20. The minimum Gasteiger partial charge on any atom is -0.384 e. The fraction of sp³-hybridized carbons (Fsp3) is 0.615. The summed E-state index contributed by atoms with van der Waals surface area (Å²) in [4.78, 5) is 4.02. The van der Waals surface area contributed by atoms with Gasteiger partial charge in [0.25, 0.3) is 0 Å². The van der Waals surface area contributed by atoms with Gasteiger partial charge >= 0.3 is 0 Å². The first-order chi connectivity index (χ1) is 7.74. The highest BCUT2D eigenvalue weighted by Gasteiger charge is 2.17. The van der Waals surface area contributed by atoms with E-state index in [-0.39, 0.29) is 0 Å². The molecule has 0 saturated heterocycles. The van der Waals surface area contributed by atoms with Gasteiger partial charge in [-0.25, -0.2) is 4.98 Å².